The molecule has 0 bridgehead atoms. The van der Waals surface area contributed by atoms with Gasteiger partial charge in [-0.05, 0) is 6.07 Å². The van der Waals surface area contributed by atoms with Crippen molar-refractivity contribution in [3.05, 3.63) is 34.7 Å². The second-order valence-electron chi connectivity index (χ2n) is 4.47. The fourth-order valence-electron chi connectivity index (χ4n) is 2.32. The summed E-state index contributed by atoms with van der Waals surface area (Å²) in [6, 6.07) is 8.73. The molecule has 0 amide bonds. The summed E-state index contributed by atoms with van der Waals surface area (Å²) in [6.45, 7) is 5.03. The molecule has 1 fully saturated rings. The topological polar surface area (TPSA) is 50.3 Å². The molecule has 1 aromatic heterocycles. The number of nitrogens with zero attached hydrogens (tertiary/aromatic N) is 2. The van der Waals surface area contributed by atoms with Crippen LogP contribution in [0.25, 0.3) is 11.0 Å². The molecule has 0 unspecified atom stereocenters. The van der Waals surface area contributed by atoms with Gasteiger partial charge in [-0.2, -0.15) is 0 Å². The summed E-state index contributed by atoms with van der Waals surface area (Å²) in [5.41, 5.74) is 1.65. The van der Waals surface area contributed by atoms with Gasteiger partial charge in [-0.25, -0.2) is 4.79 Å². The quantitative estimate of drug-likeness (QED) is 0.856. The van der Waals surface area contributed by atoms with Gasteiger partial charge in [0.05, 0.1) is 24.2 Å². The molecule has 1 saturated heterocycles. The first kappa shape index (κ1) is 11.5. The average molecular weight is 246 g/mol. The monoisotopic (exact) mass is 246 g/mol. The zero-order valence-corrected chi connectivity index (χ0v) is 10.2. The van der Waals surface area contributed by atoms with Gasteiger partial charge in [0.2, 0.25) is 0 Å². The molecular formula is C13H16N3O2. The number of nitrogens with one attached hydrogen (secondary N) is 1. The summed E-state index contributed by atoms with van der Waals surface area (Å²) in [7, 11) is 0. The van der Waals surface area contributed by atoms with E-state index >= 15 is 0 Å². The van der Waals surface area contributed by atoms with Crippen LogP contribution in [0.1, 0.15) is 0 Å². The number of imidazole rings is 1. The first-order valence-electron chi connectivity index (χ1n) is 6.24. The van der Waals surface area contributed by atoms with Gasteiger partial charge in [0.1, 0.15) is 0 Å². The number of fused-ring (bicyclic) bond motifs is 1. The molecule has 5 nitrogen and oxygen atoms in total. The third kappa shape index (κ3) is 2.19. The molecule has 2 heterocycles. The predicted octanol–water partition coefficient (Wildman–Crippen LogP) is 0.462. The Morgan fingerprint density at radius 1 is 1.33 bits per heavy atom. The number of para-hydroxylation sites is 1. The molecule has 1 aliphatic rings. The predicted molar refractivity (Wildman–Crippen MR) is 68.7 cm³/mol. The molecule has 1 aromatic carbocycles. The van der Waals surface area contributed by atoms with Crippen molar-refractivity contribution in [3.63, 3.8) is 0 Å². The molecule has 2 aromatic rings. The van der Waals surface area contributed by atoms with Gasteiger partial charge in [0, 0.05) is 32.2 Å². The number of aromatic nitrogens is 2. The summed E-state index contributed by atoms with van der Waals surface area (Å²) >= 11 is 0. The van der Waals surface area contributed by atoms with Crippen LogP contribution in [0.15, 0.2) is 23.0 Å². The van der Waals surface area contributed by atoms with Gasteiger partial charge in [-0.3, -0.25) is 9.47 Å². The summed E-state index contributed by atoms with van der Waals surface area (Å²) < 4.78 is 7.06. The van der Waals surface area contributed by atoms with Crippen molar-refractivity contribution in [2.45, 2.75) is 6.54 Å². The Morgan fingerprint density at radius 2 is 2.17 bits per heavy atom. The lowest BCUT2D eigenvalue weighted by Gasteiger charge is -2.26. The van der Waals surface area contributed by atoms with Gasteiger partial charge in [-0.15, -0.1) is 0 Å². The van der Waals surface area contributed by atoms with Crippen LogP contribution >= 0.6 is 0 Å². The Hall–Kier alpha value is -1.59. The van der Waals surface area contributed by atoms with Gasteiger partial charge in [0.25, 0.3) is 0 Å². The fraction of sp³-hybridized carbons (Fsp3) is 0.462. The summed E-state index contributed by atoms with van der Waals surface area (Å²) in [5, 5.41) is 0. The van der Waals surface area contributed by atoms with E-state index in [-0.39, 0.29) is 5.69 Å². The molecule has 1 N–H and O–H groups in total. The number of hydrogen-bond donors (Lipinski definition) is 1. The van der Waals surface area contributed by atoms with Crippen molar-refractivity contribution in [2.75, 3.05) is 32.8 Å². The van der Waals surface area contributed by atoms with E-state index in [2.05, 4.69) is 16.0 Å². The molecule has 1 aliphatic heterocycles. The van der Waals surface area contributed by atoms with Gasteiger partial charge in [-0.1, -0.05) is 12.1 Å². The van der Waals surface area contributed by atoms with Crippen molar-refractivity contribution in [1.82, 2.24) is 14.5 Å². The molecule has 95 valence electrons. The Kier molecular flexibility index (Phi) is 3.17. The van der Waals surface area contributed by atoms with Crippen LogP contribution in [-0.4, -0.2) is 47.3 Å². The van der Waals surface area contributed by atoms with Crippen molar-refractivity contribution >= 4 is 11.0 Å². The van der Waals surface area contributed by atoms with Crippen molar-refractivity contribution in [3.8, 4) is 0 Å². The van der Waals surface area contributed by atoms with E-state index in [1.54, 1.807) is 4.57 Å². The maximum atomic E-state index is 11.9. The molecule has 0 spiro atoms. The lowest BCUT2D eigenvalue weighted by molar-refractivity contribution is 0.0364. The normalized spacial score (nSPS) is 17.3. The zero-order chi connectivity index (χ0) is 12.4. The Balaban J connectivity index is 1.77. The average Bonchev–Trinajstić information content (AvgIpc) is 2.73. The standard InChI is InChI=1S/C13H16N3O2/c17-13-14-11-3-1-2-4-12(11)16(13)6-5-15-7-9-18-10-8-15/h1-3H,5-10H2,(H,14,17). The number of morpholine rings is 1. The largest absolute Gasteiger partial charge is 0.379 e. The van der Waals surface area contributed by atoms with E-state index in [9.17, 15) is 4.79 Å². The third-order valence-electron chi connectivity index (χ3n) is 3.33. The van der Waals surface area contributed by atoms with Crippen LogP contribution < -0.4 is 5.69 Å². The smallest absolute Gasteiger partial charge is 0.326 e. The van der Waals surface area contributed by atoms with Gasteiger partial charge in [0.15, 0.2) is 0 Å². The van der Waals surface area contributed by atoms with E-state index in [1.165, 1.54) is 0 Å². The first-order valence-corrected chi connectivity index (χ1v) is 6.24. The summed E-state index contributed by atoms with van der Waals surface area (Å²) in [6.07, 6.45) is 0. The van der Waals surface area contributed by atoms with Crippen molar-refractivity contribution < 1.29 is 4.74 Å². The number of ether oxygens (including phenoxy) is 1. The second-order valence-corrected chi connectivity index (χ2v) is 4.47. The van der Waals surface area contributed by atoms with Crippen LogP contribution in [-0.2, 0) is 11.3 Å². The minimum Gasteiger partial charge on any atom is -0.379 e. The lowest BCUT2D eigenvalue weighted by Crippen LogP contribution is -2.39. The SMILES string of the molecule is O=c1[nH]c2ccc[c]c2n1CCN1CCOCC1. The maximum Gasteiger partial charge on any atom is 0.326 e. The minimum absolute atomic E-state index is 0.0549. The zero-order valence-electron chi connectivity index (χ0n) is 10.2. The van der Waals surface area contributed by atoms with E-state index in [4.69, 9.17) is 4.74 Å². The molecule has 0 aliphatic carbocycles. The highest BCUT2D eigenvalue weighted by molar-refractivity contribution is 5.74. The molecule has 0 atom stereocenters. The molecule has 5 heteroatoms. The highest BCUT2D eigenvalue weighted by atomic mass is 16.5. The number of aromatic amines is 1. The fourth-order valence-corrected chi connectivity index (χ4v) is 2.32. The molecule has 1 radical (unpaired) electrons. The highest BCUT2D eigenvalue weighted by Gasteiger charge is 2.12. The van der Waals surface area contributed by atoms with Crippen LogP contribution in [0, 0.1) is 6.07 Å². The second kappa shape index (κ2) is 4.96. The van der Waals surface area contributed by atoms with Crippen molar-refractivity contribution in [2.24, 2.45) is 0 Å². The van der Waals surface area contributed by atoms with Gasteiger partial charge >= 0.3 is 5.69 Å². The van der Waals surface area contributed by atoms with E-state index in [1.807, 2.05) is 18.2 Å². The lowest BCUT2D eigenvalue weighted by atomic mass is 10.3. The number of benzene rings is 1. The van der Waals surface area contributed by atoms with Crippen LogP contribution in [0.3, 0.4) is 0 Å². The molecular weight excluding hydrogens is 230 g/mol. The third-order valence-corrected chi connectivity index (χ3v) is 3.33. The van der Waals surface area contributed by atoms with E-state index < -0.39 is 0 Å². The first-order chi connectivity index (χ1) is 8.84. The molecule has 18 heavy (non-hydrogen) atoms. The molecule has 3 rings (SSSR count). The Labute approximate surface area is 105 Å². The van der Waals surface area contributed by atoms with Crippen LogP contribution in [0.2, 0.25) is 0 Å². The number of hydrogen-bond acceptors (Lipinski definition) is 3. The minimum atomic E-state index is -0.0549. The maximum absolute atomic E-state index is 11.9. The van der Waals surface area contributed by atoms with Crippen molar-refractivity contribution in [1.29, 1.82) is 0 Å². The van der Waals surface area contributed by atoms with E-state index in [0.29, 0.717) is 6.54 Å². The summed E-state index contributed by atoms with van der Waals surface area (Å²) in [4.78, 5) is 17.0. The Bertz CT molecular complexity index is 581. The number of H-pyrrole nitrogens is 1. The molecule has 0 saturated carbocycles. The van der Waals surface area contributed by atoms with E-state index in [0.717, 1.165) is 43.9 Å². The summed E-state index contributed by atoms with van der Waals surface area (Å²) in [5.74, 6) is 0. The van der Waals surface area contributed by atoms with Gasteiger partial charge < -0.3 is 9.72 Å². The van der Waals surface area contributed by atoms with Crippen LogP contribution in [0.5, 0.6) is 0 Å². The Morgan fingerprint density at radius 3 is 3.00 bits per heavy atom. The number of rotatable bonds is 3. The van der Waals surface area contributed by atoms with Crippen LogP contribution in [0.4, 0.5) is 0 Å². The highest BCUT2D eigenvalue weighted by Crippen LogP contribution is 2.08.